The number of hydrogen-bond acceptors (Lipinski definition) is 4. The maximum absolute atomic E-state index is 13.5. The highest BCUT2D eigenvalue weighted by atomic mass is 35.5. The molecule has 1 saturated heterocycles. The summed E-state index contributed by atoms with van der Waals surface area (Å²) in [5.41, 5.74) is 0. The Bertz CT molecular complexity index is 773. The van der Waals surface area contributed by atoms with E-state index in [0.717, 1.165) is 37.9 Å². The lowest BCUT2D eigenvalue weighted by Crippen LogP contribution is -2.57. The highest BCUT2D eigenvalue weighted by Crippen LogP contribution is 2.40. The summed E-state index contributed by atoms with van der Waals surface area (Å²) >= 11 is 5.79. The van der Waals surface area contributed by atoms with Crippen molar-refractivity contribution in [3.63, 3.8) is 0 Å². The maximum Gasteiger partial charge on any atom is 0.242 e. The van der Waals surface area contributed by atoms with Gasteiger partial charge < -0.3 is 10.6 Å². The van der Waals surface area contributed by atoms with Crippen molar-refractivity contribution in [2.75, 3.05) is 13.1 Å². The van der Waals surface area contributed by atoms with Crippen LogP contribution < -0.4 is 10.6 Å². The molecular formula is C18H24ClFN2O3S. The van der Waals surface area contributed by atoms with E-state index in [-0.39, 0.29) is 28.8 Å². The lowest BCUT2D eigenvalue weighted by Gasteiger charge is -2.37. The molecule has 1 aliphatic heterocycles. The first-order chi connectivity index (χ1) is 12.4. The van der Waals surface area contributed by atoms with Gasteiger partial charge in [-0.3, -0.25) is 4.79 Å². The fraction of sp³-hybridized carbons (Fsp3) is 0.611. The summed E-state index contributed by atoms with van der Waals surface area (Å²) in [5, 5.41) is 5.90. The number of benzene rings is 1. The van der Waals surface area contributed by atoms with Crippen LogP contribution in [-0.4, -0.2) is 38.2 Å². The number of piperidine rings is 1. The first kappa shape index (κ1) is 19.6. The molecular weight excluding hydrogens is 379 g/mol. The number of sulfone groups is 1. The van der Waals surface area contributed by atoms with Gasteiger partial charge in [0.25, 0.3) is 0 Å². The molecule has 8 heteroatoms. The second-order valence-electron chi connectivity index (χ2n) is 7.15. The highest BCUT2D eigenvalue weighted by Gasteiger charge is 2.52. The van der Waals surface area contributed by atoms with E-state index in [0.29, 0.717) is 19.4 Å². The second-order valence-corrected chi connectivity index (χ2v) is 9.82. The molecule has 0 radical (unpaired) electrons. The summed E-state index contributed by atoms with van der Waals surface area (Å²) in [6.45, 7) is 1.55. The van der Waals surface area contributed by atoms with Gasteiger partial charge in [0.1, 0.15) is 5.82 Å². The van der Waals surface area contributed by atoms with Crippen LogP contribution in [0.25, 0.3) is 0 Å². The molecule has 2 N–H and O–H groups in total. The lowest BCUT2D eigenvalue weighted by atomic mass is 9.87. The summed E-state index contributed by atoms with van der Waals surface area (Å²) in [5.74, 6) is -1.12. The molecule has 0 unspecified atom stereocenters. The zero-order chi connectivity index (χ0) is 18.8. The minimum absolute atomic E-state index is 0.0675. The molecule has 2 fully saturated rings. The van der Waals surface area contributed by atoms with Gasteiger partial charge in [0, 0.05) is 12.6 Å². The summed E-state index contributed by atoms with van der Waals surface area (Å²) in [6, 6.07) is 3.27. The summed E-state index contributed by atoms with van der Waals surface area (Å²) in [6.07, 6.45) is 4.57. The average Bonchev–Trinajstić information content (AvgIpc) is 2.65. The van der Waals surface area contributed by atoms with Crippen LogP contribution >= 0.6 is 11.6 Å². The summed E-state index contributed by atoms with van der Waals surface area (Å²) in [7, 11) is -4.00. The van der Waals surface area contributed by atoms with Crippen molar-refractivity contribution in [3.05, 3.63) is 29.0 Å². The van der Waals surface area contributed by atoms with Gasteiger partial charge in [-0.1, -0.05) is 30.9 Å². The smallest absolute Gasteiger partial charge is 0.242 e. The van der Waals surface area contributed by atoms with Crippen molar-refractivity contribution in [2.24, 2.45) is 0 Å². The van der Waals surface area contributed by atoms with E-state index >= 15 is 0 Å². The van der Waals surface area contributed by atoms with E-state index in [2.05, 4.69) is 10.6 Å². The van der Waals surface area contributed by atoms with Crippen molar-refractivity contribution in [3.8, 4) is 0 Å². The van der Waals surface area contributed by atoms with Crippen LogP contribution in [0.2, 0.25) is 5.02 Å². The predicted molar refractivity (Wildman–Crippen MR) is 98.4 cm³/mol. The van der Waals surface area contributed by atoms with E-state index in [1.165, 1.54) is 6.07 Å². The first-order valence-electron chi connectivity index (χ1n) is 9.08. The summed E-state index contributed by atoms with van der Waals surface area (Å²) < 4.78 is 38.8. The number of amides is 1. The van der Waals surface area contributed by atoms with Crippen molar-refractivity contribution in [2.45, 2.75) is 60.6 Å². The van der Waals surface area contributed by atoms with Gasteiger partial charge in [0.2, 0.25) is 5.91 Å². The number of carbonyl (C=O) groups is 1. The van der Waals surface area contributed by atoms with Crippen LogP contribution in [0, 0.1) is 5.82 Å². The third-order valence-corrected chi connectivity index (χ3v) is 8.21. The fourth-order valence-corrected chi connectivity index (χ4v) is 6.25. The van der Waals surface area contributed by atoms with Crippen LogP contribution in [-0.2, 0) is 14.6 Å². The molecule has 1 aliphatic carbocycles. The number of nitrogens with one attached hydrogen (secondary N) is 2. The van der Waals surface area contributed by atoms with Crippen LogP contribution in [0.15, 0.2) is 23.1 Å². The SMILES string of the molecule is O=C(N[C@@H]1CCCNC1)C1(S(=O)(=O)c2ccc(F)c(Cl)c2)CCCCC1. The van der Waals surface area contributed by atoms with Gasteiger partial charge in [-0.15, -0.1) is 0 Å². The Morgan fingerprint density at radius 1 is 1.23 bits per heavy atom. The topological polar surface area (TPSA) is 75.3 Å². The predicted octanol–water partition coefficient (Wildman–Crippen LogP) is 2.82. The molecule has 1 aromatic carbocycles. The Kier molecular flexibility index (Phi) is 5.89. The molecule has 5 nitrogen and oxygen atoms in total. The zero-order valence-corrected chi connectivity index (χ0v) is 16.1. The Balaban J connectivity index is 1.95. The van der Waals surface area contributed by atoms with Crippen LogP contribution in [0.5, 0.6) is 0 Å². The number of halogens is 2. The first-order valence-corrected chi connectivity index (χ1v) is 10.9. The average molecular weight is 403 g/mol. The van der Waals surface area contributed by atoms with E-state index in [9.17, 15) is 17.6 Å². The molecule has 144 valence electrons. The number of carbonyl (C=O) groups excluding carboxylic acids is 1. The van der Waals surface area contributed by atoms with Crippen molar-refractivity contribution in [1.82, 2.24) is 10.6 Å². The van der Waals surface area contributed by atoms with Crippen LogP contribution in [0.4, 0.5) is 4.39 Å². The molecule has 1 atom stereocenters. The zero-order valence-electron chi connectivity index (χ0n) is 14.6. The molecule has 3 rings (SSSR count). The van der Waals surface area contributed by atoms with Crippen LogP contribution in [0.1, 0.15) is 44.9 Å². The molecule has 0 aromatic heterocycles. The van der Waals surface area contributed by atoms with Crippen LogP contribution in [0.3, 0.4) is 0 Å². The van der Waals surface area contributed by atoms with Crippen molar-refractivity contribution < 1.29 is 17.6 Å². The van der Waals surface area contributed by atoms with E-state index in [1.807, 2.05) is 0 Å². The third-order valence-electron chi connectivity index (χ3n) is 5.42. The normalized spacial score (nSPS) is 23.4. The molecule has 0 bridgehead atoms. The monoisotopic (exact) mass is 402 g/mol. The number of hydrogen-bond donors (Lipinski definition) is 2. The Labute approximate surface area is 158 Å². The van der Waals surface area contributed by atoms with E-state index in [1.54, 1.807) is 0 Å². The third kappa shape index (κ3) is 3.62. The van der Waals surface area contributed by atoms with Crippen molar-refractivity contribution in [1.29, 1.82) is 0 Å². The van der Waals surface area contributed by atoms with Crippen molar-refractivity contribution >= 4 is 27.3 Å². The Morgan fingerprint density at radius 2 is 1.96 bits per heavy atom. The van der Waals surface area contributed by atoms with E-state index < -0.39 is 26.3 Å². The van der Waals surface area contributed by atoms with Gasteiger partial charge in [0.05, 0.1) is 9.92 Å². The second kappa shape index (κ2) is 7.82. The lowest BCUT2D eigenvalue weighted by molar-refractivity contribution is -0.125. The highest BCUT2D eigenvalue weighted by molar-refractivity contribution is 7.93. The Hall–Kier alpha value is -1.18. The van der Waals surface area contributed by atoms with Gasteiger partial charge in [0.15, 0.2) is 14.6 Å². The minimum atomic E-state index is -4.00. The quantitative estimate of drug-likeness (QED) is 0.759. The molecule has 2 aliphatic rings. The Morgan fingerprint density at radius 3 is 2.58 bits per heavy atom. The largest absolute Gasteiger partial charge is 0.351 e. The molecule has 0 spiro atoms. The molecule has 1 saturated carbocycles. The molecule has 1 amide bonds. The standard InChI is InChI=1S/C18H24ClFN2O3S/c19-15-11-14(6-7-16(15)20)26(24,25)18(8-2-1-3-9-18)17(23)22-13-5-4-10-21-12-13/h6-7,11,13,21H,1-5,8-10,12H2,(H,22,23)/t13-/m1/s1. The van der Waals surface area contributed by atoms with Gasteiger partial charge in [-0.25, -0.2) is 12.8 Å². The minimum Gasteiger partial charge on any atom is -0.351 e. The molecule has 1 heterocycles. The summed E-state index contributed by atoms with van der Waals surface area (Å²) in [4.78, 5) is 13.0. The van der Waals surface area contributed by atoms with Gasteiger partial charge in [-0.2, -0.15) is 0 Å². The molecule has 26 heavy (non-hydrogen) atoms. The van der Waals surface area contributed by atoms with Gasteiger partial charge in [-0.05, 0) is 50.4 Å². The molecule has 1 aromatic rings. The number of rotatable bonds is 4. The van der Waals surface area contributed by atoms with Gasteiger partial charge >= 0.3 is 0 Å². The van der Waals surface area contributed by atoms with E-state index in [4.69, 9.17) is 11.6 Å². The fourth-order valence-electron chi connectivity index (χ4n) is 3.90. The maximum atomic E-state index is 13.5.